The first-order valence-electron chi connectivity index (χ1n) is 12.0. The first kappa shape index (κ1) is 23.2. The molecule has 0 unspecified atom stereocenters. The number of benzene rings is 5. The maximum Gasteiger partial charge on any atom is 0.0688 e. The molecule has 172 valence electrons. The molecular formula is C33H29OP. The lowest BCUT2D eigenvalue weighted by Crippen LogP contribution is -2.30. The van der Waals surface area contributed by atoms with E-state index in [4.69, 9.17) is 0 Å². The third-order valence-corrected chi connectivity index (χ3v) is 9.05. The summed E-state index contributed by atoms with van der Waals surface area (Å²) in [4.78, 5) is 0. The molecule has 1 nitrogen and oxygen atoms in total. The van der Waals surface area contributed by atoms with Crippen molar-refractivity contribution < 1.29 is 5.11 Å². The van der Waals surface area contributed by atoms with Crippen LogP contribution in [-0.4, -0.2) is 5.11 Å². The van der Waals surface area contributed by atoms with Gasteiger partial charge in [0.25, 0.3) is 0 Å². The van der Waals surface area contributed by atoms with Gasteiger partial charge < -0.3 is 5.11 Å². The van der Waals surface area contributed by atoms with Gasteiger partial charge in [0.1, 0.15) is 0 Å². The summed E-state index contributed by atoms with van der Waals surface area (Å²) >= 11 is 0. The Bertz CT molecular complexity index is 1550. The third kappa shape index (κ3) is 4.34. The van der Waals surface area contributed by atoms with E-state index in [1.54, 1.807) is 0 Å². The summed E-state index contributed by atoms with van der Waals surface area (Å²) in [7, 11) is -0.818. The normalized spacial score (nSPS) is 12.6. The first-order chi connectivity index (χ1) is 17.3. The lowest BCUT2D eigenvalue weighted by molar-refractivity contribution is 0.282. The Balaban J connectivity index is 1.97. The molecule has 0 bridgehead atoms. The fraction of sp³-hybridized carbons (Fsp3) is 0.0909. The van der Waals surface area contributed by atoms with Gasteiger partial charge in [0.05, 0.1) is 6.61 Å². The second-order valence-corrected chi connectivity index (χ2v) is 10.7. The quantitative estimate of drug-likeness (QED) is 0.342. The minimum absolute atomic E-state index is 0.00255. The molecule has 0 spiro atoms. The van der Waals surface area contributed by atoms with Crippen LogP contribution in [0.2, 0.25) is 0 Å². The van der Waals surface area contributed by atoms with E-state index in [0.717, 1.165) is 11.1 Å². The number of fused-ring (bicyclic) bond motifs is 1. The van der Waals surface area contributed by atoms with E-state index in [1.807, 2.05) is 0 Å². The molecular weight excluding hydrogens is 443 g/mol. The van der Waals surface area contributed by atoms with Gasteiger partial charge in [0, 0.05) is 0 Å². The van der Waals surface area contributed by atoms with E-state index in [-0.39, 0.29) is 6.61 Å². The SMILES string of the molecule is C/C=c1/ccc(CO)c(-c2c(P(c3ccccc3)c3ccccc3)ccc3ccccc23)/c1=C/C. The minimum atomic E-state index is -0.818. The average molecular weight is 473 g/mol. The second kappa shape index (κ2) is 10.4. The highest BCUT2D eigenvalue weighted by Gasteiger charge is 2.23. The van der Waals surface area contributed by atoms with Gasteiger partial charge in [0.2, 0.25) is 0 Å². The van der Waals surface area contributed by atoms with E-state index in [9.17, 15) is 5.11 Å². The van der Waals surface area contributed by atoms with Gasteiger partial charge in [-0.3, -0.25) is 0 Å². The predicted octanol–water partition coefficient (Wildman–Crippen LogP) is 5.36. The molecule has 0 heterocycles. The van der Waals surface area contributed by atoms with Gasteiger partial charge >= 0.3 is 0 Å². The molecule has 2 heteroatoms. The summed E-state index contributed by atoms with van der Waals surface area (Å²) in [6.07, 6.45) is 4.34. The molecule has 35 heavy (non-hydrogen) atoms. The molecule has 5 aromatic carbocycles. The van der Waals surface area contributed by atoms with Gasteiger partial charge in [-0.2, -0.15) is 0 Å². The van der Waals surface area contributed by atoms with Crippen LogP contribution < -0.4 is 26.4 Å². The molecule has 0 aliphatic rings. The van der Waals surface area contributed by atoms with Gasteiger partial charge in [-0.25, -0.2) is 0 Å². The molecule has 1 N–H and O–H groups in total. The minimum Gasteiger partial charge on any atom is -0.392 e. The zero-order chi connectivity index (χ0) is 24.2. The Morgan fingerprint density at radius 3 is 1.86 bits per heavy atom. The number of aliphatic hydroxyl groups is 1. The lowest BCUT2D eigenvalue weighted by atomic mass is 9.92. The smallest absolute Gasteiger partial charge is 0.0688 e. The van der Waals surface area contributed by atoms with Gasteiger partial charge in [-0.05, 0) is 75.6 Å². The van der Waals surface area contributed by atoms with Crippen LogP contribution in [0, 0.1) is 0 Å². The second-order valence-electron chi connectivity index (χ2n) is 8.53. The molecule has 0 aliphatic heterocycles. The Labute approximate surface area is 208 Å². The Morgan fingerprint density at radius 2 is 1.26 bits per heavy atom. The molecule has 0 aromatic heterocycles. The maximum absolute atomic E-state index is 10.5. The Hall–Kier alpha value is -3.51. The van der Waals surface area contributed by atoms with Crippen LogP contribution in [0.5, 0.6) is 0 Å². The number of hydrogen-bond donors (Lipinski definition) is 1. The number of aliphatic hydroxyl groups excluding tert-OH is 1. The van der Waals surface area contributed by atoms with Crippen molar-refractivity contribution in [1.82, 2.24) is 0 Å². The van der Waals surface area contributed by atoms with Crippen LogP contribution in [0.1, 0.15) is 19.4 Å². The van der Waals surface area contributed by atoms with Crippen LogP contribution >= 0.6 is 7.92 Å². The summed E-state index contributed by atoms with van der Waals surface area (Å²) in [5, 5.41) is 19.2. The topological polar surface area (TPSA) is 20.2 Å². The van der Waals surface area contributed by atoms with Crippen molar-refractivity contribution in [2.75, 3.05) is 0 Å². The number of rotatable bonds is 5. The van der Waals surface area contributed by atoms with Crippen molar-refractivity contribution in [3.8, 4) is 11.1 Å². The monoisotopic (exact) mass is 472 g/mol. The van der Waals surface area contributed by atoms with Crippen LogP contribution in [0.4, 0.5) is 0 Å². The Morgan fingerprint density at radius 1 is 0.629 bits per heavy atom. The van der Waals surface area contributed by atoms with E-state index < -0.39 is 7.92 Å². The van der Waals surface area contributed by atoms with Gasteiger partial charge in [0.15, 0.2) is 0 Å². The lowest BCUT2D eigenvalue weighted by Gasteiger charge is -2.25. The largest absolute Gasteiger partial charge is 0.392 e. The average Bonchev–Trinajstić information content (AvgIpc) is 2.93. The van der Waals surface area contributed by atoms with E-state index in [0.29, 0.717) is 0 Å². The highest BCUT2D eigenvalue weighted by molar-refractivity contribution is 7.80. The van der Waals surface area contributed by atoms with Gasteiger partial charge in [-0.1, -0.05) is 121 Å². The van der Waals surface area contributed by atoms with Crippen LogP contribution in [0.25, 0.3) is 34.1 Å². The zero-order valence-electron chi connectivity index (χ0n) is 20.1. The predicted molar refractivity (Wildman–Crippen MR) is 154 cm³/mol. The van der Waals surface area contributed by atoms with Crippen molar-refractivity contribution in [2.24, 2.45) is 0 Å². The molecule has 0 fully saturated rings. The fourth-order valence-electron chi connectivity index (χ4n) is 4.96. The van der Waals surface area contributed by atoms with Gasteiger partial charge in [-0.15, -0.1) is 0 Å². The highest BCUT2D eigenvalue weighted by atomic mass is 31.1. The summed E-state index contributed by atoms with van der Waals surface area (Å²) in [5.74, 6) is 0. The summed E-state index contributed by atoms with van der Waals surface area (Å²) in [5.41, 5.74) is 3.32. The van der Waals surface area contributed by atoms with Crippen LogP contribution in [-0.2, 0) is 6.61 Å². The van der Waals surface area contributed by atoms with E-state index in [1.165, 1.54) is 42.7 Å². The molecule has 0 radical (unpaired) electrons. The molecule has 5 aromatic rings. The van der Waals surface area contributed by atoms with Crippen LogP contribution in [0.3, 0.4) is 0 Å². The van der Waals surface area contributed by atoms with Crippen molar-refractivity contribution in [1.29, 1.82) is 0 Å². The molecule has 5 rings (SSSR count). The molecule has 0 atom stereocenters. The van der Waals surface area contributed by atoms with E-state index in [2.05, 4.69) is 135 Å². The summed E-state index contributed by atoms with van der Waals surface area (Å²) < 4.78 is 0. The zero-order valence-corrected chi connectivity index (χ0v) is 21.0. The molecule has 0 saturated carbocycles. The number of hydrogen-bond acceptors (Lipinski definition) is 1. The Kier molecular flexibility index (Phi) is 6.91. The van der Waals surface area contributed by atoms with Crippen molar-refractivity contribution >= 4 is 46.8 Å². The molecule has 0 amide bonds. The molecule has 0 saturated heterocycles. The van der Waals surface area contributed by atoms with Crippen molar-refractivity contribution in [2.45, 2.75) is 20.5 Å². The fourth-order valence-corrected chi connectivity index (χ4v) is 7.44. The first-order valence-corrected chi connectivity index (χ1v) is 13.4. The summed E-state index contributed by atoms with van der Waals surface area (Å²) in [6.45, 7) is 4.17. The maximum atomic E-state index is 10.5. The third-order valence-electron chi connectivity index (χ3n) is 6.56. The van der Waals surface area contributed by atoms with E-state index >= 15 is 0 Å². The highest BCUT2D eigenvalue weighted by Crippen LogP contribution is 2.40. The molecule has 0 aliphatic carbocycles. The standard InChI is InChI=1S/C33H29OP/c1-3-24-19-20-26(23-34)32(29(24)4-2)33-30-18-12-11-13-25(30)21-22-31(33)35(27-14-7-5-8-15-27)28-16-9-6-10-17-28/h3-22,34H,23H2,1-2H3/b24-3-,29-4+. The summed E-state index contributed by atoms with van der Waals surface area (Å²) in [6, 6.07) is 39.0. The van der Waals surface area contributed by atoms with Crippen molar-refractivity contribution in [3.63, 3.8) is 0 Å². The van der Waals surface area contributed by atoms with Crippen LogP contribution in [0.15, 0.2) is 109 Å². The van der Waals surface area contributed by atoms with Crippen molar-refractivity contribution in [3.05, 3.63) is 125 Å².